The van der Waals surface area contributed by atoms with Crippen molar-refractivity contribution in [2.24, 2.45) is 10.1 Å². The Labute approximate surface area is 226 Å². The molecule has 0 radical (unpaired) electrons. The van der Waals surface area contributed by atoms with Gasteiger partial charge in [-0.05, 0) is 48.4 Å². The average molecular weight is 559 g/mol. The largest absolute Gasteiger partial charge is 0.499 e. The van der Waals surface area contributed by atoms with E-state index in [2.05, 4.69) is 23.2 Å². The predicted octanol–water partition coefficient (Wildman–Crippen LogP) is 7.96. The van der Waals surface area contributed by atoms with Gasteiger partial charge >= 0.3 is 12.4 Å². The normalized spacial score (nSPS) is 15.1. The van der Waals surface area contributed by atoms with Crippen LogP contribution in [0.15, 0.2) is 101 Å². The lowest BCUT2D eigenvalue weighted by molar-refractivity contribution is -0.143. The molecule has 1 aliphatic heterocycles. The molecule has 0 aliphatic carbocycles. The third-order valence-electron chi connectivity index (χ3n) is 6.15. The number of aliphatic imine (C=N–C) groups is 1. The molecule has 1 N–H and O–H groups in total. The monoisotopic (exact) mass is 558 g/mol. The summed E-state index contributed by atoms with van der Waals surface area (Å²) >= 11 is 0. The maximum atomic E-state index is 13.6. The zero-order valence-electron chi connectivity index (χ0n) is 21.5. The number of rotatable bonds is 7. The Bertz CT molecular complexity index is 1590. The second kappa shape index (κ2) is 10.9. The number of allylic oxidation sites excluding steroid dienone is 3. The van der Waals surface area contributed by atoms with E-state index in [1.165, 1.54) is 24.4 Å². The third kappa shape index (κ3) is 6.19. The molecule has 2 aromatic carbocycles. The van der Waals surface area contributed by atoms with E-state index < -0.39 is 29.0 Å². The van der Waals surface area contributed by atoms with Gasteiger partial charge in [-0.3, -0.25) is 10.0 Å². The zero-order chi connectivity index (χ0) is 29.2. The molecule has 0 fully saturated rings. The molecule has 3 aromatic rings. The molecular weight excluding hydrogens is 534 g/mol. The van der Waals surface area contributed by atoms with Gasteiger partial charge < -0.3 is 9.72 Å². The van der Waals surface area contributed by atoms with Crippen LogP contribution in [0.5, 0.6) is 0 Å². The maximum Gasteiger partial charge on any atom is 0.417 e. The number of fused-ring (bicyclic) bond motifs is 1. The fraction of sp³-hybridized carbons (Fsp3) is 0.172. The number of ether oxygens (including phenoxy) is 1. The van der Waals surface area contributed by atoms with E-state index in [9.17, 15) is 26.3 Å². The lowest BCUT2D eigenvalue weighted by Crippen LogP contribution is -2.19. The van der Waals surface area contributed by atoms with Gasteiger partial charge in [0.1, 0.15) is 5.76 Å². The second-order valence-corrected chi connectivity index (χ2v) is 8.92. The Morgan fingerprint density at radius 2 is 1.82 bits per heavy atom. The Balaban J connectivity index is 1.60. The van der Waals surface area contributed by atoms with Crippen LogP contribution in [0, 0.1) is 0 Å². The molecule has 208 valence electrons. The summed E-state index contributed by atoms with van der Waals surface area (Å²) in [6.07, 6.45) is -3.80. The molecule has 11 heteroatoms. The predicted molar refractivity (Wildman–Crippen MR) is 144 cm³/mol. The first-order valence-corrected chi connectivity index (χ1v) is 11.8. The van der Waals surface area contributed by atoms with Crippen molar-refractivity contribution in [3.05, 3.63) is 113 Å². The molecule has 0 atom stereocenters. The van der Waals surface area contributed by atoms with Crippen LogP contribution in [-0.4, -0.2) is 35.6 Å². The highest BCUT2D eigenvalue weighted by Crippen LogP contribution is 2.39. The molecule has 4 rings (SSSR count). The van der Waals surface area contributed by atoms with E-state index in [0.29, 0.717) is 17.3 Å². The molecule has 40 heavy (non-hydrogen) atoms. The molecular formula is C29H24F6N4O. The number of hydrogen-bond acceptors (Lipinski definition) is 4. The summed E-state index contributed by atoms with van der Waals surface area (Å²) < 4.78 is 85.3. The van der Waals surface area contributed by atoms with Crippen LogP contribution in [0.25, 0.3) is 16.5 Å². The lowest BCUT2D eigenvalue weighted by atomic mass is 9.97. The van der Waals surface area contributed by atoms with E-state index in [-0.39, 0.29) is 23.9 Å². The molecule has 0 saturated heterocycles. The number of alkyl halides is 6. The Kier molecular flexibility index (Phi) is 7.77. The van der Waals surface area contributed by atoms with Crippen molar-refractivity contribution >= 4 is 28.4 Å². The van der Waals surface area contributed by atoms with Gasteiger partial charge in [0, 0.05) is 33.9 Å². The molecule has 1 aliphatic rings. The van der Waals surface area contributed by atoms with Crippen LogP contribution < -0.4 is 0 Å². The van der Waals surface area contributed by atoms with Gasteiger partial charge in [0.25, 0.3) is 0 Å². The standard InChI is InChI=1S/C29H24F6N4O/c1-17(22-9-8-20(28(30,31)32)13-25(22)29(33,34)35)12-21(40-4)15-39-16-27(18(2)14-37-39)38-19(3)23-6-5-7-26-24(23)10-11-36-26/h5-14,16,36H,1-2,15H2,3-4H3/b21-12-,38-19?. The number of hydrogen-bond donors (Lipinski definition) is 1. The van der Waals surface area contributed by atoms with Crippen LogP contribution in [0.2, 0.25) is 0 Å². The molecule has 1 aromatic heterocycles. The number of benzene rings is 2. The fourth-order valence-corrected chi connectivity index (χ4v) is 4.13. The Morgan fingerprint density at radius 3 is 2.50 bits per heavy atom. The van der Waals surface area contributed by atoms with E-state index in [1.54, 1.807) is 6.20 Å². The number of aromatic amines is 1. The van der Waals surface area contributed by atoms with Gasteiger partial charge in [0.05, 0.1) is 42.9 Å². The topological polar surface area (TPSA) is 53.0 Å². The molecule has 0 unspecified atom stereocenters. The van der Waals surface area contributed by atoms with E-state index >= 15 is 0 Å². The number of halogens is 6. The van der Waals surface area contributed by atoms with Crippen molar-refractivity contribution < 1.29 is 31.1 Å². The lowest BCUT2D eigenvalue weighted by Gasteiger charge is -2.21. The molecule has 2 heterocycles. The molecule has 5 nitrogen and oxygen atoms in total. The summed E-state index contributed by atoms with van der Waals surface area (Å²) in [5, 5.41) is 6.71. The number of nitrogens with one attached hydrogen (secondary N) is 1. The summed E-state index contributed by atoms with van der Waals surface area (Å²) in [6.45, 7) is 9.45. The number of hydrazone groups is 1. The van der Waals surface area contributed by atoms with Crippen LogP contribution >= 0.6 is 0 Å². The van der Waals surface area contributed by atoms with Gasteiger partial charge in [-0.1, -0.05) is 31.4 Å². The number of H-pyrrole nitrogens is 1. The van der Waals surface area contributed by atoms with Gasteiger partial charge in [0.2, 0.25) is 0 Å². The minimum Gasteiger partial charge on any atom is -0.499 e. The van der Waals surface area contributed by atoms with Crippen LogP contribution in [0.1, 0.15) is 29.2 Å². The van der Waals surface area contributed by atoms with Crippen LogP contribution in [-0.2, 0) is 17.1 Å². The van der Waals surface area contributed by atoms with Crippen molar-refractivity contribution in [1.82, 2.24) is 9.99 Å². The van der Waals surface area contributed by atoms with Crippen molar-refractivity contribution in [2.45, 2.75) is 19.3 Å². The Morgan fingerprint density at radius 1 is 1.07 bits per heavy atom. The van der Waals surface area contributed by atoms with E-state index in [1.807, 2.05) is 37.4 Å². The zero-order valence-corrected chi connectivity index (χ0v) is 21.5. The quantitative estimate of drug-likeness (QED) is 0.138. The van der Waals surface area contributed by atoms with Gasteiger partial charge in [-0.2, -0.15) is 31.4 Å². The third-order valence-corrected chi connectivity index (χ3v) is 6.15. The first-order chi connectivity index (χ1) is 18.8. The summed E-state index contributed by atoms with van der Waals surface area (Å²) in [6, 6.07) is 9.17. The van der Waals surface area contributed by atoms with Crippen LogP contribution in [0.4, 0.5) is 26.3 Å². The molecule has 0 bridgehead atoms. The first kappa shape index (κ1) is 28.5. The minimum absolute atomic E-state index is 0.0211. The molecule has 0 spiro atoms. The highest BCUT2D eigenvalue weighted by molar-refractivity contribution is 6.10. The SMILES string of the molecule is C=C1C=NN(C/C(=C/C(=C)c2ccc(C(F)(F)F)cc2C(F)(F)F)OC)C=C1N=C(C)c1cccc2[nH]ccc12. The molecule has 0 amide bonds. The van der Waals surface area contributed by atoms with Crippen molar-refractivity contribution in [3.8, 4) is 0 Å². The fourth-order valence-electron chi connectivity index (χ4n) is 4.13. The summed E-state index contributed by atoms with van der Waals surface area (Å²) in [4.78, 5) is 7.87. The Hall–Kier alpha value is -4.54. The number of aromatic nitrogens is 1. The van der Waals surface area contributed by atoms with Crippen molar-refractivity contribution in [3.63, 3.8) is 0 Å². The average Bonchev–Trinajstić information content (AvgIpc) is 3.37. The highest BCUT2D eigenvalue weighted by atomic mass is 19.4. The van der Waals surface area contributed by atoms with Crippen LogP contribution in [0.3, 0.4) is 0 Å². The van der Waals surface area contributed by atoms with Gasteiger partial charge in [-0.15, -0.1) is 0 Å². The smallest absolute Gasteiger partial charge is 0.417 e. The number of methoxy groups -OCH3 is 1. The highest BCUT2D eigenvalue weighted by Gasteiger charge is 2.38. The minimum atomic E-state index is -5.03. The summed E-state index contributed by atoms with van der Waals surface area (Å²) in [5.74, 6) is 0.163. The summed E-state index contributed by atoms with van der Waals surface area (Å²) in [7, 11) is 1.31. The first-order valence-electron chi connectivity index (χ1n) is 11.8. The van der Waals surface area contributed by atoms with Gasteiger partial charge in [-0.25, -0.2) is 0 Å². The van der Waals surface area contributed by atoms with E-state index in [0.717, 1.165) is 28.2 Å². The second-order valence-electron chi connectivity index (χ2n) is 8.92. The summed E-state index contributed by atoms with van der Waals surface area (Å²) in [5.41, 5.74) is 0.135. The van der Waals surface area contributed by atoms with Crippen molar-refractivity contribution in [2.75, 3.05) is 13.7 Å². The maximum absolute atomic E-state index is 13.6. The van der Waals surface area contributed by atoms with E-state index in [4.69, 9.17) is 9.73 Å². The van der Waals surface area contributed by atoms with Gasteiger partial charge in [0.15, 0.2) is 0 Å². The number of nitrogens with zero attached hydrogens (tertiary/aromatic N) is 3. The van der Waals surface area contributed by atoms with Crippen molar-refractivity contribution in [1.29, 1.82) is 0 Å². The molecule has 0 saturated carbocycles.